The standard InChI is InChI=1S/C15H20N2OS/c1-2-7-14(18)17-15-12(10-16)11-8-5-3-4-6-9-13(11)19-15/h2-9H2,1H3,(H,17,18). The Kier molecular flexibility index (Phi) is 4.98. The molecule has 1 N–H and O–H groups in total. The van der Waals surface area contributed by atoms with Gasteiger partial charge in [-0.1, -0.05) is 19.8 Å². The fraction of sp³-hybridized carbons (Fsp3) is 0.600. The third kappa shape index (κ3) is 3.36. The number of rotatable bonds is 3. The molecule has 0 fully saturated rings. The van der Waals surface area contributed by atoms with Gasteiger partial charge in [0, 0.05) is 11.3 Å². The topological polar surface area (TPSA) is 52.9 Å². The van der Waals surface area contributed by atoms with Gasteiger partial charge < -0.3 is 5.32 Å². The molecular formula is C15H20N2OS. The Morgan fingerprint density at radius 3 is 2.74 bits per heavy atom. The lowest BCUT2D eigenvalue weighted by Gasteiger charge is -2.08. The zero-order chi connectivity index (χ0) is 13.7. The highest BCUT2D eigenvalue weighted by Gasteiger charge is 2.20. The fourth-order valence-corrected chi connectivity index (χ4v) is 3.80. The molecule has 1 heterocycles. The number of anilines is 1. The van der Waals surface area contributed by atoms with Crippen LogP contribution in [0.15, 0.2) is 0 Å². The Morgan fingerprint density at radius 1 is 1.32 bits per heavy atom. The number of carbonyl (C=O) groups excluding carboxylic acids is 1. The number of thiophene rings is 1. The number of amides is 1. The van der Waals surface area contributed by atoms with Crippen molar-refractivity contribution in [3.63, 3.8) is 0 Å². The average molecular weight is 276 g/mol. The Bertz CT molecular complexity index is 499. The highest BCUT2D eigenvalue weighted by Crippen LogP contribution is 2.36. The summed E-state index contributed by atoms with van der Waals surface area (Å²) in [7, 11) is 0. The van der Waals surface area contributed by atoms with Gasteiger partial charge in [-0.2, -0.15) is 5.26 Å². The SMILES string of the molecule is CCCC(=O)Nc1sc2c(c1C#N)CCCCCC2. The van der Waals surface area contributed by atoms with Crippen LogP contribution in [0, 0.1) is 11.3 Å². The van der Waals surface area contributed by atoms with Crippen LogP contribution in [0.2, 0.25) is 0 Å². The van der Waals surface area contributed by atoms with Crippen LogP contribution >= 0.6 is 11.3 Å². The molecule has 0 atom stereocenters. The highest BCUT2D eigenvalue weighted by molar-refractivity contribution is 7.16. The second-order valence-electron chi connectivity index (χ2n) is 5.03. The predicted octanol–water partition coefficient (Wildman–Crippen LogP) is 4.02. The summed E-state index contributed by atoms with van der Waals surface area (Å²) in [6.07, 6.45) is 8.26. The Balaban J connectivity index is 2.26. The quantitative estimate of drug-likeness (QED) is 0.906. The summed E-state index contributed by atoms with van der Waals surface area (Å²) in [6, 6.07) is 2.30. The molecule has 0 saturated heterocycles. The van der Waals surface area contributed by atoms with Crippen molar-refractivity contribution in [2.45, 2.75) is 58.3 Å². The molecule has 4 heteroatoms. The molecule has 1 aliphatic rings. The van der Waals surface area contributed by atoms with Crippen LogP contribution in [0.25, 0.3) is 0 Å². The number of nitrogens with one attached hydrogen (secondary N) is 1. The van der Waals surface area contributed by atoms with Gasteiger partial charge in [-0.05, 0) is 37.7 Å². The molecule has 0 radical (unpaired) electrons. The molecule has 0 unspecified atom stereocenters. The Morgan fingerprint density at radius 2 is 2.05 bits per heavy atom. The van der Waals surface area contributed by atoms with Gasteiger partial charge in [0.05, 0.1) is 5.56 Å². The van der Waals surface area contributed by atoms with E-state index in [9.17, 15) is 10.1 Å². The number of hydrogen-bond acceptors (Lipinski definition) is 3. The molecule has 102 valence electrons. The van der Waals surface area contributed by atoms with Gasteiger partial charge in [-0.15, -0.1) is 11.3 Å². The van der Waals surface area contributed by atoms with Crippen molar-refractivity contribution in [3.05, 3.63) is 16.0 Å². The van der Waals surface area contributed by atoms with E-state index in [0.717, 1.165) is 30.7 Å². The fourth-order valence-electron chi connectivity index (χ4n) is 2.54. The number of aryl methyl sites for hydroxylation is 1. The van der Waals surface area contributed by atoms with Crippen LogP contribution in [0.1, 0.15) is 61.5 Å². The molecule has 0 spiro atoms. The number of nitriles is 1. The van der Waals surface area contributed by atoms with Gasteiger partial charge in [0.2, 0.25) is 5.91 Å². The zero-order valence-electron chi connectivity index (χ0n) is 11.4. The molecule has 1 aromatic heterocycles. The molecular weight excluding hydrogens is 256 g/mol. The molecule has 0 aliphatic heterocycles. The van der Waals surface area contributed by atoms with Gasteiger partial charge in [0.15, 0.2) is 0 Å². The molecule has 0 bridgehead atoms. The van der Waals surface area contributed by atoms with Crippen LogP contribution in [-0.2, 0) is 17.6 Å². The third-order valence-corrected chi connectivity index (χ3v) is 4.72. The van der Waals surface area contributed by atoms with Crippen molar-refractivity contribution < 1.29 is 4.79 Å². The minimum absolute atomic E-state index is 0.0215. The van der Waals surface area contributed by atoms with Crippen LogP contribution in [0.4, 0.5) is 5.00 Å². The van der Waals surface area contributed by atoms with Gasteiger partial charge >= 0.3 is 0 Å². The molecule has 1 aromatic rings. The maximum Gasteiger partial charge on any atom is 0.224 e. The molecule has 2 rings (SSSR count). The van der Waals surface area contributed by atoms with Gasteiger partial charge in [-0.25, -0.2) is 0 Å². The van der Waals surface area contributed by atoms with E-state index in [-0.39, 0.29) is 5.91 Å². The number of fused-ring (bicyclic) bond motifs is 1. The van der Waals surface area contributed by atoms with Crippen LogP contribution in [0.5, 0.6) is 0 Å². The lowest BCUT2D eigenvalue weighted by Crippen LogP contribution is -2.10. The Hall–Kier alpha value is -1.34. The van der Waals surface area contributed by atoms with E-state index in [1.165, 1.54) is 29.7 Å². The lowest BCUT2D eigenvalue weighted by atomic mass is 9.97. The van der Waals surface area contributed by atoms with Crippen LogP contribution in [0.3, 0.4) is 0 Å². The van der Waals surface area contributed by atoms with Gasteiger partial charge in [-0.3, -0.25) is 4.79 Å². The molecule has 1 amide bonds. The van der Waals surface area contributed by atoms with Crippen molar-refractivity contribution in [3.8, 4) is 6.07 Å². The van der Waals surface area contributed by atoms with Crippen molar-refractivity contribution in [2.75, 3.05) is 5.32 Å². The van der Waals surface area contributed by atoms with Crippen molar-refractivity contribution >= 4 is 22.2 Å². The lowest BCUT2D eigenvalue weighted by molar-refractivity contribution is -0.116. The summed E-state index contributed by atoms with van der Waals surface area (Å²) in [6.45, 7) is 1.98. The Labute approximate surface area is 118 Å². The molecule has 0 saturated carbocycles. The van der Waals surface area contributed by atoms with Gasteiger partial charge in [0.1, 0.15) is 11.1 Å². The van der Waals surface area contributed by atoms with E-state index in [1.807, 2.05) is 6.92 Å². The first-order chi connectivity index (χ1) is 9.26. The first kappa shape index (κ1) is 14.1. The van der Waals surface area contributed by atoms with Crippen molar-refractivity contribution in [1.29, 1.82) is 5.26 Å². The second kappa shape index (κ2) is 6.72. The van der Waals surface area contributed by atoms with E-state index < -0.39 is 0 Å². The maximum absolute atomic E-state index is 11.7. The first-order valence-electron chi connectivity index (χ1n) is 7.10. The van der Waals surface area contributed by atoms with Crippen LogP contribution < -0.4 is 5.32 Å². The van der Waals surface area contributed by atoms with Crippen molar-refractivity contribution in [2.24, 2.45) is 0 Å². The monoisotopic (exact) mass is 276 g/mol. The number of carbonyl (C=O) groups is 1. The average Bonchev–Trinajstić information content (AvgIpc) is 2.66. The second-order valence-corrected chi connectivity index (χ2v) is 6.14. The smallest absolute Gasteiger partial charge is 0.224 e. The largest absolute Gasteiger partial charge is 0.317 e. The number of nitrogens with zero attached hydrogens (tertiary/aromatic N) is 1. The number of hydrogen-bond donors (Lipinski definition) is 1. The normalized spacial score (nSPS) is 14.9. The predicted molar refractivity (Wildman–Crippen MR) is 78.4 cm³/mol. The summed E-state index contributed by atoms with van der Waals surface area (Å²) in [5, 5.41) is 13.1. The summed E-state index contributed by atoms with van der Waals surface area (Å²) < 4.78 is 0. The summed E-state index contributed by atoms with van der Waals surface area (Å²) >= 11 is 1.61. The van der Waals surface area contributed by atoms with E-state index >= 15 is 0 Å². The van der Waals surface area contributed by atoms with E-state index in [4.69, 9.17) is 0 Å². The summed E-state index contributed by atoms with van der Waals surface area (Å²) in [5.41, 5.74) is 1.91. The summed E-state index contributed by atoms with van der Waals surface area (Å²) in [5.74, 6) is 0.0215. The zero-order valence-corrected chi connectivity index (χ0v) is 12.2. The first-order valence-corrected chi connectivity index (χ1v) is 7.92. The van der Waals surface area contributed by atoms with E-state index in [2.05, 4.69) is 11.4 Å². The minimum Gasteiger partial charge on any atom is -0.317 e. The molecule has 1 aliphatic carbocycles. The van der Waals surface area contributed by atoms with Gasteiger partial charge in [0.25, 0.3) is 0 Å². The maximum atomic E-state index is 11.7. The minimum atomic E-state index is 0.0215. The molecule has 19 heavy (non-hydrogen) atoms. The highest BCUT2D eigenvalue weighted by atomic mass is 32.1. The third-order valence-electron chi connectivity index (χ3n) is 3.51. The van der Waals surface area contributed by atoms with E-state index in [1.54, 1.807) is 11.3 Å². The van der Waals surface area contributed by atoms with E-state index in [0.29, 0.717) is 12.0 Å². The molecule has 3 nitrogen and oxygen atoms in total. The summed E-state index contributed by atoms with van der Waals surface area (Å²) in [4.78, 5) is 13.0. The van der Waals surface area contributed by atoms with Crippen molar-refractivity contribution in [1.82, 2.24) is 0 Å². The molecule has 0 aromatic carbocycles. The van der Waals surface area contributed by atoms with Crippen LogP contribution in [-0.4, -0.2) is 5.91 Å².